The van der Waals surface area contributed by atoms with Crippen molar-refractivity contribution in [1.29, 1.82) is 5.26 Å². The van der Waals surface area contributed by atoms with Gasteiger partial charge in [-0.1, -0.05) is 26.0 Å². The molecule has 0 saturated heterocycles. The fourth-order valence-corrected chi connectivity index (χ4v) is 3.44. The summed E-state index contributed by atoms with van der Waals surface area (Å²) in [6.07, 6.45) is 1.04. The number of hydrogen-bond acceptors (Lipinski definition) is 5. The number of Topliss-reactive ketones (excluding diaryl/α,β-unsaturated/α-hetero) is 1. The Morgan fingerprint density at radius 2 is 2.12 bits per heavy atom. The first-order valence-corrected chi connectivity index (χ1v) is 7.84. The average molecular weight is 324 g/mol. The van der Waals surface area contributed by atoms with E-state index in [9.17, 15) is 10.1 Å². The molecule has 0 spiro atoms. The lowest BCUT2D eigenvalue weighted by atomic mass is 9.70. The highest BCUT2D eigenvalue weighted by atomic mass is 16.5. The highest BCUT2D eigenvalue weighted by molar-refractivity contribution is 6.00. The standard InChI is InChI=1S/C19H20N2O3/c1-19(2)8-14(22)17-15(9-19)24-18(21)13(10-20)16(17)11-5-4-6-12(7-11)23-3/h4-7,16H,8-9,21H2,1-3H3/t16-/m0/s1. The van der Waals surface area contributed by atoms with Crippen molar-refractivity contribution in [2.45, 2.75) is 32.6 Å². The molecule has 0 bridgehead atoms. The SMILES string of the molecule is COc1cccc([C@H]2C(C#N)=C(N)OC3=C2C(=O)CC(C)(C)C3)c1. The Balaban J connectivity index is 2.18. The maximum absolute atomic E-state index is 12.8. The van der Waals surface area contributed by atoms with Crippen molar-refractivity contribution in [3.63, 3.8) is 0 Å². The molecule has 0 fully saturated rings. The normalized spacial score (nSPS) is 22.6. The van der Waals surface area contributed by atoms with Crippen molar-refractivity contribution >= 4 is 5.78 Å². The number of benzene rings is 1. The fourth-order valence-electron chi connectivity index (χ4n) is 3.44. The number of allylic oxidation sites excluding steroid dienone is 3. The average Bonchev–Trinajstić information content (AvgIpc) is 2.52. The van der Waals surface area contributed by atoms with Gasteiger partial charge in [-0.15, -0.1) is 0 Å². The summed E-state index contributed by atoms with van der Waals surface area (Å²) in [5.74, 6) is 0.836. The van der Waals surface area contributed by atoms with E-state index in [1.807, 2.05) is 38.1 Å². The lowest BCUT2D eigenvalue weighted by Crippen LogP contribution is -2.33. The van der Waals surface area contributed by atoms with Gasteiger partial charge in [0.05, 0.1) is 13.0 Å². The van der Waals surface area contributed by atoms with Crippen LogP contribution in [0, 0.1) is 16.7 Å². The van der Waals surface area contributed by atoms with Gasteiger partial charge < -0.3 is 15.2 Å². The molecule has 0 radical (unpaired) electrons. The van der Waals surface area contributed by atoms with Crippen LogP contribution in [0.15, 0.2) is 47.1 Å². The van der Waals surface area contributed by atoms with E-state index >= 15 is 0 Å². The van der Waals surface area contributed by atoms with E-state index in [4.69, 9.17) is 15.2 Å². The quantitative estimate of drug-likeness (QED) is 0.903. The van der Waals surface area contributed by atoms with Crippen molar-refractivity contribution in [1.82, 2.24) is 0 Å². The highest BCUT2D eigenvalue weighted by Crippen LogP contribution is 2.48. The number of hydrogen-bond donors (Lipinski definition) is 1. The summed E-state index contributed by atoms with van der Waals surface area (Å²) in [5.41, 5.74) is 7.43. The molecule has 3 rings (SSSR count). The van der Waals surface area contributed by atoms with Gasteiger partial charge in [0.25, 0.3) is 0 Å². The molecule has 0 amide bonds. The Hall–Kier alpha value is -2.74. The van der Waals surface area contributed by atoms with Gasteiger partial charge in [0.2, 0.25) is 5.88 Å². The topological polar surface area (TPSA) is 85.3 Å². The van der Waals surface area contributed by atoms with E-state index in [2.05, 4.69) is 6.07 Å². The van der Waals surface area contributed by atoms with Crippen molar-refractivity contribution in [3.8, 4) is 11.8 Å². The van der Waals surface area contributed by atoms with Crippen LogP contribution in [0.1, 0.15) is 38.2 Å². The predicted octanol–water partition coefficient (Wildman–Crippen LogP) is 3.15. The zero-order valence-corrected chi connectivity index (χ0v) is 14.1. The first-order valence-electron chi connectivity index (χ1n) is 7.84. The molecule has 1 heterocycles. The van der Waals surface area contributed by atoms with Crippen molar-refractivity contribution in [3.05, 3.63) is 52.6 Å². The lowest BCUT2D eigenvalue weighted by Gasteiger charge is -2.37. The molecule has 1 aromatic carbocycles. The van der Waals surface area contributed by atoms with Crippen molar-refractivity contribution < 1.29 is 14.3 Å². The molecule has 5 heteroatoms. The first kappa shape index (κ1) is 16.1. The molecule has 0 unspecified atom stereocenters. The molecule has 0 saturated carbocycles. The Morgan fingerprint density at radius 3 is 2.79 bits per heavy atom. The molecule has 1 atom stereocenters. The number of nitrogens with zero attached hydrogens (tertiary/aromatic N) is 1. The molecule has 24 heavy (non-hydrogen) atoms. The Kier molecular flexibility index (Phi) is 3.84. The molecule has 124 valence electrons. The molecule has 0 aromatic heterocycles. The lowest BCUT2D eigenvalue weighted by molar-refractivity contribution is -0.119. The maximum Gasteiger partial charge on any atom is 0.205 e. The third-order valence-electron chi connectivity index (χ3n) is 4.50. The molecule has 1 aromatic rings. The second-order valence-electron chi connectivity index (χ2n) is 6.98. The number of ether oxygens (including phenoxy) is 2. The predicted molar refractivity (Wildman–Crippen MR) is 88.7 cm³/mol. The summed E-state index contributed by atoms with van der Waals surface area (Å²) < 4.78 is 10.9. The second-order valence-corrected chi connectivity index (χ2v) is 6.98. The minimum absolute atomic E-state index is 0.00863. The van der Waals surface area contributed by atoms with E-state index < -0.39 is 5.92 Å². The van der Waals surface area contributed by atoms with Gasteiger partial charge >= 0.3 is 0 Å². The van der Waals surface area contributed by atoms with Crippen LogP contribution < -0.4 is 10.5 Å². The third kappa shape index (κ3) is 2.65. The fraction of sp³-hybridized carbons (Fsp3) is 0.368. The van der Waals surface area contributed by atoms with E-state index in [1.54, 1.807) is 7.11 Å². The van der Waals surface area contributed by atoms with E-state index in [1.165, 1.54) is 0 Å². The Bertz CT molecular complexity index is 812. The van der Waals surface area contributed by atoms with Gasteiger partial charge in [-0.25, -0.2) is 0 Å². The number of carbonyl (C=O) groups is 1. The van der Waals surface area contributed by atoms with Gasteiger partial charge in [0, 0.05) is 18.4 Å². The van der Waals surface area contributed by atoms with Gasteiger partial charge in [-0.05, 0) is 23.1 Å². The highest BCUT2D eigenvalue weighted by Gasteiger charge is 2.42. The minimum atomic E-state index is -0.502. The molecule has 2 N–H and O–H groups in total. The zero-order valence-electron chi connectivity index (χ0n) is 14.1. The maximum atomic E-state index is 12.8. The monoisotopic (exact) mass is 324 g/mol. The number of nitriles is 1. The van der Waals surface area contributed by atoms with Gasteiger partial charge in [0.1, 0.15) is 23.2 Å². The number of ketones is 1. The first-order chi connectivity index (χ1) is 11.4. The van der Waals surface area contributed by atoms with Crippen LogP contribution in [-0.4, -0.2) is 12.9 Å². The van der Waals surface area contributed by atoms with Gasteiger partial charge in [0.15, 0.2) is 5.78 Å². The summed E-state index contributed by atoms with van der Waals surface area (Å²) in [5, 5.41) is 9.57. The van der Waals surface area contributed by atoms with E-state index in [0.717, 1.165) is 5.56 Å². The summed E-state index contributed by atoms with van der Waals surface area (Å²) >= 11 is 0. The number of carbonyl (C=O) groups excluding carboxylic acids is 1. The molecule has 1 aliphatic carbocycles. The van der Waals surface area contributed by atoms with Crippen LogP contribution >= 0.6 is 0 Å². The minimum Gasteiger partial charge on any atom is -0.497 e. The zero-order chi connectivity index (χ0) is 17.5. The summed E-state index contributed by atoms with van der Waals surface area (Å²) in [7, 11) is 1.58. The second kappa shape index (κ2) is 5.72. The van der Waals surface area contributed by atoms with Gasteiger partial charge in [-0.2, -0.15) is 5.26 Å². The number of nitrogens with two attached hydrogens (primary N) is 1. The molecule has 5 nitrogen and oxygen atoms in total. The van der Waals surface area contributed by atoms with Crippen LogP contribution in [-0.2, 0) is 9.53 Å². The molecule has 2 aliphatic rings. The van der Waals surface area contributed by atoms with Crippen molar-refractivity contribution in [2.75, 3.05) is 7.11 Å². The Labute approximate surface area is 141 Å². The van der Waals surface area contributed by atoms with Crippen LogP contribution in [0.5, 0.6) is 5.75 Å². The summed E-state index contributed by atoms with van der Waals surface area (Å²) in [4.78, 5) is 12.8. The Morgan fingerprint density at radius 1 is 1.38 bits per heavy atom. The number of rotatable bonds is 2. The summed E-state index contributed by atoms with van der Waals surface area (Å²) in [6, 6.07) is 9.49. The number of methoxy groups -OCH3 is 1. The largest absolute Gasteiger partial charge is 0.497 e. The van der Waals surface area contributed by atoms with E-state index in [-0.39, 0.29) is 22.7 Å². The molecular formula is C19H20N2O3. The molecular weight excluding hydrogens is 304 g/mol. The third-order valence-corrected chi connectivity index (χ3v) is 4.50. The molecule has 1 aliphatic heterocycles. The van der Waals surface area contributed by atoms with E-state index in [0.29, 0.717) is 29.9 Å². The van der Waals surface area contributed by atoms with Crippen LogP contribution in [0.3, 0.4) is 0 Å². The summed E-state index contributed by atoms with van der Waals surface area (Å²) in [6.45, 7) is 4.05. The van der Waals surface area contributed by atoms with Crippen LogP contribution in [0.25, 0.3) is 0 Å². The van der Waals surface area contributed by atoms with Crippen molar-refractivity contribution in [2.24, 2.45) is 11.1 Å². The van der Waals surface area contributed by atoms with Crippen LogP contribution in [0.2, 0.25) is 0 Å². The smallest absolute Gasteiger partial charge is 0.205 e. The van der Waals surface area contributed by atoms with Gasteiger partial charge in [-0.3, -0.25) is 4.79 Å². The van der Waals surface area contributed by atoms with Crippen LogP contribution in [0.4, 0.5) is 0 Å².